The van der Waals surface area contributed by atoms with Gasteiger partial charge in [0.25, 0.3) is 5.91 Å². The van der Waals surface area contributed by atoms with Gasteiger partial charge in [-0.2, -0.15) is 0 Å². The van der Waals surface area contributed by atoms with E-state index in [0.29, 0.717) is 49.4 Å². The minimum atomic E-state index is -3.48. The van der Waals surface area contributed by atoms with Crippen LogP contribution in [-0.4, -0.2) is 75.7 Å². The lowest BCUT2D eigenvalue weighted by atomic mass is 9.82. The number of nitrogens with zero attached hydrogens (tertiary/aromatic N) is 2. The van der Waals surface area contributed by atoms with E-state index in [-0.39, 0.29) is 37.2 Å². The smallest absolute Gasteiger partial charge is 0.305 e. The maximum atomic E-state index is 16.3. The van der Waals surface area contributed by atoms with Crippen LogP contribution in [0.4, 0.5) is 9.80 Å². The van der Waals surface area contributed by atoms with E-state index in [4.69, 9.17) is 14.2 Å². The van der Waals surface area contributed by atoms with Crippen LogP contribution in [0.1, 0.15) is 49.3 Å². The molecule has 0 radical (unpaired) electrons. The summed E-state index contributed by atoms with van der Waals surface area (Å²) in [6.45, 7) is 5.60. The maximum Gasteiger partial charge on any atom is 0.305 e. The number of methoxy groups -OCH3 is 2. The molecule has 1 saturated heterocycles. The SMILES string of the molecule is COC(=O)CCCCN1C(=O)[C@]2(O[C@H](CC(=O)N3Cc4ccccc4C[C@H]3CO)[C@@H]([Si](C)(C)F)[C@@H]2C)c2cc(OC)ccc21. The summed E-state index contributed by atoms with van der Waals surface area (Å²) in [6, 6.07) is 12.9. The standard InChI is InChI=1S/C33H43FN2O7Si/c1-21-31(44(4,5)34)28(18-29(38)36-19-23-11-7-6-10-22(23)16-24(36)20-37)43-33(21)26-17-25(41-2)13-14-27(26)35(32(33)40)15-9-8-12-30(39)42-3/h6-7,10-11,13-14,17,21,24,28,31,37H,8-9,12,15-16,18-20H2,1-5H3/t21-,24-,28+,31-,33+/m0/s1. The highest BCUT2D eigenvalue weighted by molar-refractivity contribution is 6.72. The second-order valence-corrected chi connectivity index (χ2v) is 16.5. The van der Waals surface area contributed by atoms with Gasteiger partial charge in [-0.15, -0.1) is 0 Å². The van der Waals surface area contributed by atoms with Crippen molar-refractivity contribution >= 4 is 31.9 Å². The zero-order valence-corrected chi connectivity index (χ0v) is 27.2. The molecular weight excluding hydrogens is 583 g/mol. The summed E-state index contributed by atoms with van der Waals surface area (Å²) in [5, 5.41) is 10.2. The molecule has 0 bridgehead atoms. The molecule has 2 amide bonds. The molecule has 5 atom stereocenters. The lowest BCUT2D eigenvalue weighted by Crippen LogP contribution is -2.48. The Morgan fingerprint density at radius 1 is 1.14 bits per heavy atom. The fourth-order valence-corrected chi connectivity index (χ4v) is 10.0. The van der Waals surface area contributed by atoms with Crippen LogP contribution in [0.25, 0.3) is 0 Å². The van der Waals surface area contributed by atoms with Gasteiger partial charge in [0.15, 0.2) is 5.60 Å². The van der Waals surface area contributed by atoms with Gasteiger partial charge in [-0.25, -0.2) is 0 Å². The largest absolute Gasteiger partial charge is 0.497 e. The zero-order valence-electron chi connectivity index (χ0n) is 26.2. The molecule has 0 saturated carbocycles. The summed E-state index contributed by atoms with van der Waals surface area (Å²) in [5.74, 6) is -0.833. The van der Waals surface area contributed by atoms with Crippen molar-refractivity contribution in [2.45, 2.75) is 82.0 Å². The Hall–Kier alpha value is -3.28. The van der Waals surface area contributed by atoms with Crippen molar-refractivity contribution in [3.63, 3.8) is 0 Å². The molecule has 0 aromatic heterocycles. The third kappa shape index (κ3) is 5.65. The van der Waals surface area contributed by atoms with Crippen LogP contribution in [0.2, 0.25) is 18.6 Å². The van der Waals surface area contributed by atoms with Gasteiger partial charge in [0, 0.05) is 36.5 Å². The number of anilines is 1. The van der Waals surface area contributed by atoms with Gasteiger partial charge >= 0.3 is 5.97 Å². The quantitative estimate of drug-likeness (QED) is 0.179. The monoisotopic (exact) mass is 626 g/mol. The summed E-state index contributed by atoms with van der Waals surface area (Å²) >= 11 is 0. The van der Waals surface area contributed by atoms with Crippen molar-refractivity contribution in [1.82, 2.24) is 4.90 Å². The van der Waals surface area contributed by atoms with Gasteiger partial charge in [0.05, 0.1) is 45.1 Å². The summed E-state index contributed by atoms with van der Waals surface area (Å²) in [4.78, 5) is 43.4. The van der Waals surface area contributed by atoms with Gasteiger partial charge in [0.2, 0.25) is 14.3 Å². The first kappa shape index (κ1) is 32.1. The number of aliphatic hydroxyl groups is 1. The topological polar surface area (TPSA) is 106 Å². The third-order valence-electron chi connectivity index (χ3n) is 9.67. The van der Waals surface area contributed by atoms with E-state index in [2.05, 4.69) is 0 Å². The number of fused-ring (bicyclic) bond motifs is 3. The van der Waals surface area contributed by atoms with Crippen molar-refractivity contribution in [1.29, 1.82) is 0 Å². The van der Waals surface area contributed by atoms with E-state index in [1.165, 1.54) is 7.11 Å². The van der Waals surface area contributed by atoms with Crippen LogP contribution >= 0.6 is 0 Å². The number of aliphatic hydroxyl groups excluding tert-OH is 1. The second kappa shape index (κ2) is 12.6. The van der Waals surface area contributed by atoms with Crippen LogP contribution in [0, 0.1) is 5.92 Å². The molecule has 3 aliphatic rings. The van der Waals surface area contributed by atoms with E-state index < -0.39 is 37.6 Å². The minimum absolute atomic E-state index is 0.0957. The number of carbonyl (C=O) groups is 3. The Kier molecular flexibility index (Phi) is 9.20. The lowest BCUT2D eigenvalue weighted by molar-refractivity contribution is -0.151. The molecule has 2 aromatic rings. The Bertz CT molecular complexity index is 1410. The van der Waals surface area contributed by atoms with Gasteiger partial charge in [-0.1, -0.05) is 31.2 Å². The maximum absolute atomic E-state index is 16.3. The van der Waals surface area contributed by atoms with Crippen LogP contribution in [0.3, 0.4) is 0 Å². The van der Waals surface area contributed by atoms with E-state index in [1.54, 1.807) is 42.1 Å². The van der Waals surface area contributed by atoms with Crippen molar-refractivity contribution in [2.75, 3.05) is 32.3 Å². The first-order chi connectivity index (χ1) is 21.0. The molecule has 0 unspecified atom stereocenters. The predicted molar refractivity (Wildman–Crippen MR) is 165 cm³/mol. The summed E-state index contributed by atoms with van der Waals surface area (Å²) in [6.07, 6.45) is 0.957. The molecule has 1 N–H and O–H groups in total. The van der Waals surface area contributed by atoms with Gasteiger partial charge in [0.1, 0.15) is 5.75 Å². The van der Waals surface area contributed by atoms with Crippen molar-refractivity contribution in [3.8, 4) is 5.75 Å². The van der Waals surface area contributed by atoms with Crippen molar-refractivity contribution < 1.29 is 37.8 Å². The molecular formula is C33H43FN2O7Si. The molecule has 238 valence electrons. The van der Waals surface area contributed by atoms with Gasteiger partial charge in [-0.05, 0) is 61.7 Å². The number of benzene rings is 2. The van der Waals surface area contributed by atoms with Gasteiger partial charge in [-0.3, -0.25) is 14.4 Å². The summed E-state index contributed by atoms with van der Waals surface area (Å²) in [7, 11) is -0.591. The van der Waals surface area contributed by atoms with Crippen LogP contribution in [-0.2, 0) is 42.4 Å². The fourth-order valence-electron chi connectivity index (χ4n) is 7.55. The molecule has 0 aliphatic carbocycles. The van der Waals surface area contributed by atoms with E-state index in [1.807, 2.05) is 37.3 Å². The van der Waals surface area contributed by atoms with Crippen LogP contribution in [0.15, 0.2) is 42.5 Å². The molecule has 44 heavy (non-hydrogen) atoms. The second-order valence-electron chi connectivity index (χ2n) is 12.7. The zero-order chi connectivity index (χ0) is 31.8. The predicted octanol–water partition coefficient (Wildman–Crippen LogP) is 4.50. The van der Waals surface area contributed by atoms with Crippen LogP contribution < -0.4 is 9.64 Å². The average Bonchev–Trinajstić information content (AvgIpc) is 3.43. The molecule has 1 spiro atoms. The number of ether oxygens (including phenoxy) is 3. The molecule has 3 aliphatic heterocycles. The molecule has 5 rings (SSSR count). The molecule has 1 fully saturated rings. The first-order valence-electron chi connectivity index (χ1n) is 15.4. The first-order valence-corrected chi connectivity index (χ1v) is 18.3. The van der Waals surface area contributed by atoms with Crippen molar-refractivity contribution in [3.05, 3.63) is 59.2 Å². The molecule has 3 heterocycles. The highest BCUT2D eigenvalue weighted by Crippen LogP contribution is 2.60. The normalized spacial score (nSPS) is 26.1. The number of unbranched alkanes of at least 4 members (excludes halogenated alkanes) is 1. The Morgan fingerprint density at radius 2 is 1.86 bits per heavy atom. The highest BCUT2D eigenvalue weighted by atomic mass is 28.4. The summed E-state index contributed by atoms with van der Waals surface area (Å²) < 4.78 is 33.3. The number of carbonyl (C=O) groups excluding carboxylic acids is 3. The number of halogens is 1. The van der Waals surface area contributed by atoms with Crippen molar-refractivity contribution in [2.24, 2.45) is 5.92 Å². The Labute approximate surface area is 259 Å². The Balaban J connectivity index is 1.46. The van der Waals surface area contributed by atoms with Crippen LogP contribution in [0.5, 0.6) is 5.75 Å². The number of esters is 1. The fraction of sp³-hybridized carbons (Fsp3) is 0.545. The molecule has 11 heteroatoms. The third-order valence-corrected chi connectivity index (χ3v) is 12.1. The van der Waals surface area contributed by atoms with E-state index >= 15 is 4.11 Å². The average molecular weight is 627 g/mol. The number of hydrogen-bond acceptors (Lipinski definition) is 7. The molecule has 9 nitrogen and oxygen atoms in total. The number of amides is 2. The highest BCUT2D eigenvalue weighted by Gasteiger charge is 2.67. The minimum Gasteiger partial charge on any atom is -0.497 e. The molecule has 2 aromatic carbocycles. The number of hydrogen-bond donors (Lipinski definition) is 1. The van der Waals surface area contributed by atoms with E-state index in [0.717, 1.165) is 11.1 Å². The van der Waals surface area contributed by atoms with Gasteiger partial charge < -0.3 is 33.2 Å². The van der Waals surface area contributed by atoms with E-state index in [9.17, 15) is 19.5 Å². The lowest BCUT2D eigenvalue weighted by Gasteiger charge is -2.37. The number of rotatable bonds is 10. The summed E-state index contributed by atoms with van der Waals surface area (Å²) in [5.41, 5.74) is 1.28. The Morgan fingerprint density at radius 3 is 2.52 bits per heavy atom.